The number of ether oxygens (including phenoxy) is 1. The summed E-state index contributed by atoms with van der Waals surface area (Å²) in [5.41, 5.74) is -0.702. The van der Waals surface area contributed by atoms with Crippen molar-refractivity contribution in [1.29, 1.82) is 0 Å². The van der Waals surface area contributed by atoms with Crippen LogP contribution in [0.2, 0.25) is 10.0 Å². The lowest BCUT2D eigenvalue weighted by Crippen LogP contribution is -2.38. The van der Waals surface area contributed by atoms with Crippen molar-refractivity contribution < 1.29 is 9.84 Å². The Labute approximate surface area is 118 Å². The van der Waals surface area contributed by atoms with Crippen LogP contribution >= 0.6 is 23.2 Å². The van der Waals surface area contributed by atoms with Crippen LogP contribution in [0.25, 0.3) is 0 Å². The monoisotopic (exact) mass is 291 g/mol. The van der Waals surface area contributed by atoms with Gasteiger partial charge >= 0.3 is 0 Å². The summed E-state index contributed by atoms with van der Waals surface area (Å²) in [7, 11) is 1.94. The van der Waals surface area contributed by atoms with Crippen molar-refractivity contribution in [2.24, 2.45) is 0 Å². The van der Waals surface area contributed by atoms with Crippen molar-refractivity contribution in [3.8, 4) is 5.75 Å². The number of benzene rings is 1. The Morgan fingerprint density at radius 3 is 2.56 bits per heavy atom. The molecule has 1 aromatic rings. The summed E-state index contributed by atoms with van der Waals surface area (Å²) in [6.45, 7) is 5.36. The van der Waals surface area contributed by atoms with Crippen LogP contribution in [0.4, 0.5) is 0 Å². The van der Waals surface area contributed by atoms with Crippen LogP contribution in [0, 0.1) is 0 Å². The van der Waals surface area contributed by atoms with Gasteiger partial charge in [-0.1, -0.05) is 23.2 Å². The van der Waals surface area contributed by atoms with Crippen LogP contribution in [0.3, 0.4) is 0 Å². The van der Waals surface area contributed by atoms with E-state index in [9.17, 15) is 5.11 Å². The van der Waals surface area contributed by atoms with Gasteiger partial charge in [0.1, 0.15) is 12.4 Å². The third-order valence-corrected chi connectivity index (χ3v) is 2.81. The maximum atomic E-state index is 9.66. The lowest BCUT2D eigenvalue weighted by Gasteiger charge is -2.25. The van der Waals surface area contributed by atoms with E-state index in [0.29, 0.717) is 35.5 Å². The van der Waals surface area contributed by atoms with Crippen LogP contribution in [-0.2, 0) is 0 Å². The van der Waals surface area contributed by atoms with Crippen molar-refractivity contribution in [2.75, 3.05) is 26.7 Å². The smallest absolute Gasteiger partial charge is 0.138 e. The van der Waals surface area contributed by atoms with Crippen molar-refractivity contribution >= 4 is 23.2 Å². The second-order valence-electron chi connectivity index (χ2n) is 4.97. The van der Waals surface area contributed by atoms with E-state index in [1.54, 1.807) is 32.0 Å². The molecule has 0 fully saturated rings. The van der Waals surface area contributed by atoms with E-state index in [1.165, 1.54) is 0 Å². The number of aliphatic hydroxyl groups is 1. The lowest BCUT2D eigenvalue weighted by atomic mass is 10.1. The maximum Gasteiger partial charge on any atom is 0.138 e. The molecule has 0 aliphatic heterocycles. The Morgan fingerprint density at radius 1 is 1.33 bits per heavy atom. The first-order chi connectivity index (χ1) is 8.28. The van der Waals surface area contributed by atoms with Crippen LogP contribution in [0.1, 0.15) is 13.8 Å². The van der Waals surface area contributed by atoms with E-state index in [4.69, 9.17) is 27.9 Å². The fraction of sp³-hybridized carbons (Fsp3) is 0.538. The molecule has 0 aromatic heterocycles. The van der Waals surface area contributed by atoms with Gasteiger partial charge in [0.25, 0.3) is 0 Å². The van der Waals surface area contributed by atoms with Gasteiger partial charge in [0.2, 0.25) is 0 Å². The predicted molar refractivity (Wildman–Crippen MR) is 75.8 cm³/mol. The SMILES string of the molecule is CN(CCOc1ccc(Cl)cc1Cl)CC(C)(C)O. The first-order valence-corrected chi connectivity index (χ1v) is 6.52. The van der Waals surface area contributed by atoms with E-state index >= 15 is 0 Å². The Hall–Kier alpha value is -0.480. The van der Waals surface area contributed by atoms with E-state index in [-0.39, 0.29) is 0 Å². The topological polar surface area (TPSA) is 32.7 Å². The third kappa shape index (κ3) is 5.91. The maximum absolute atomic E-state index is 9.66. The van der Waals surface area contributed by atoms with Gasteiger partial charge in [-0.05, 0) is 39.1 Å². The molecule has 0 saturated carbocycles. The quantitative estimate of drug-likeness (QED) is 0.874. The Kier molecular flexibility index (Phi) is 5.73. The molecular formula is C13H19Cl2NO2. The normalized spacial score (nSPS) is 11.9. The van der Waals surface area contributed by atoms with E-state index < -0.39 is 5.60 Å². The molecule has 0 spiro atoms. The summed E-state index contributed by atoms with van der Waals surface area (Å²) < 4.78 is 5.56. The van der Waals surface area contributed by atoms with Gasteiger partial charge < -0.3 is 14.7 Å². The van der Waals surface area contributed by atoms with Crippen LogP contribution in [0.5, 0.6) is 5.75 Å². The minimum Gasteiger partial charge on any atom is -0.491 e. The summed E-state index contributed by atoms with van der Waals surface area (Å²) >= 11 is 11.8. The number of hydrogen-bond donors (Lipinski definition) is 1. The first-order valence-electron chi connectivity index (χ1n) is 5.77. The highest BCUT2D eigenvalue weighted by molar-refractivity contribution is 6.35. The molecular weight excluding hydrogens is 273 g/mol. The molecule has 0 bridgehead atoms. The van der Waals surface area contributed by atoms with Gasteiger partial charge in [-0.3, -0.25) is 0 Å². The molecule has 0 amide bonds. The number of halogens is 2. The minimum absolute atomic E-state index is 0.507. The summed E-state index contributed by atoms with van der Waals surface area (Å²) in [5.74, 6) is 0.623. The van der Waals surface area contributed by atoms with Gasteiger partial charge in [0.05, 0.1) is 10.6 Å². The van der Waals surface area contributed by atoms with E-state index in [1.807, 2.05) is 11.9 Å². The number of nitrogens with zero attached hydrogens (tertiary/aromatic N) is 1. The van der Waals surface area contributed by atoms with Crippen LogP contribution in [0.15, 0.2) is 18.2 Å². The van der Waals surface area contributed by atoms with Gasteiger partial charge in [-0.15, -0.1) is 0 Å². The average molecular weight is 292 g/mol. The highest BCUT2D eigenvalue weighted by atomic mass is 35.5. The van der Waals surface area contributed by atoms with Crippen LogP contribution < -0.4 is 4.74 Å². The fourth-order valence-corrected chi connectivity index (χ4v) is 2.11. The highest BCUT2D eigenvalue weighted by Crippen LogP contribution is 2.27. The van der Waals surface area contributed by atoms with Crippen molar-refractivity contribution in [1.82, 2.24) is 4.90 Å². The molecule has 1 N–H and O–H groups in total. The molecule has 1 rings (SSSR count). The molecule has 18 heavy (non-hydrogen) atoms. The Balaban J connectivity index is 2.37. The van der Waals surface area contributed by atoms with Gasteiger partial charge in [0, 0.05) is 18.1 Å². The number of likely N-dealkylation sites (N-methyl/N-ethyl adjacent to an activating group) is 1. The third-order valence-electron chi connectivity index (χ3n) is 2.28. The Morgan fingerprint density at radius 2 is 2.00 bits per heavy atom. The van der Waals surface area contributed by atoms with Crippen molar-refractivity contribution in [3.63, 3.8) is 0 Å². The van der Waals surface area contributed by atoms with Crippen molar-refractivity contribution in [2.45, 2.75) is 19.4 Å². The van der Waals surface area contributed by atoms with Gasteiger partial charge in [0.15, 0.2) is 0 Å². The second kappa shape index (κ2) is 6.62. The zero-order valence-electron chi connectivity index (χ0n) is 10.9. The predicted octanol–water partition coefficient (Wildman–Crippen LogP) is 3.07. The van der Waals surface area contributed by atoms with Gasteiger partial charge in [-0.2, -0.15) is 0 Å². The van der Waals surface area contributed by atoms with E-state index in [0.717, 1.165) is 0 Å². The summed E-state index contributed by atoms with van der Waals surface area (Å²) in [6.07, 6.45) is 0. The fourth-order valence-electron chi connectivity index (χ4n) is 1.64. The minimum atomic E-state index is -0.702. The first kappa shape index (κ1) is 15.6. The molecule has 0 saturated heterocycles. The molecule has 0 aliphatic rings. The summed E-state index contributed by atoms with van der Waals surface area (Å²) in [4.78, 5) is 2.00. The molecule has 102 valence electrons. The second-order valence-corrected chi connectivity index (χ2v) is 5.82. The molecule has 0 unspecified atom stereocenters. The number of rotatable bonds is 6. The molecule has 1 aromatic carbocycles. The lowest BCUT2D eigenvalue weighted by molar-refractivity contribution is 0.0411. The highest BCUT2D eigenvalue weighted by Gasteiger charge is 2.15. The summed E-state index contributed by atoms with van der Waals surface area (Å²) in [6, 6.07) is 5.14. The standard InChI is InChI=1S/C13H19Cl2NO2/c1-13(2,17)9-16(3)6-7-18-12-5-4-10(14)8-11(12)15/h4-5,8,17H,6-7,9H2,1-3H3. The molecule has 3 nitrogen and oxygen atoms in total. The van der Waals surface area contributed by atoms with Crippen LogP contribution in [-0.4, -0.2) is 42.4 Å². The summed E-state index contributed by atoms with van der Waals surface area (Å²) in [5, 5.41) is 10.8. The largest absolute Gasteiger partial charge is 0.491 e. The zero-order valence-corrected chi connectivity index (χ0v) is 12.4. The Bertz CT molecular complexity index is 391. The molecule has 5 heteroatoms. The molecule has 0 aliphatic carbocycles. The van der Waals surface area contributed by atoms with Gasteiger partial charge in [-0.25, -0.2) is 0 Å². The number of hydrogen-bond acceptors (Lipinski definition) is 3. The molecule has 0 atom stereocenters. The average Bonchev–Trinajstić information content (AvgIpc) is 2.18. The molecule has 0 heterocycles. The van der Waals surface area contributed by atoms with Crippen molar-refractivity contribution in [3.05, 3.63) is 28.2 Å². The zero-order chi connectivity index (χ0) is 13.8. The molecule has 0 radical (unpaired) electrons. The van der Waals surface area contributed by atoms with E-state index in [2.05, 4.69) is 0 Å².